The molecule has 1 aromatic carbocycles. The molecule has 0 aliphatic carbocycles. The lowest BCUT2D eigenvalue weighted by atomic mass is 9.95. The van der Waals surface area contributed by atoms with Crippen molar-refractivity contribution in [2.75, 3.05) is 19.6 Å². The number of nitrogens with one attached hydrogen (secondary N) is 1. The summed E-state index contributed by atoms with van der Waals surface area (Å²) in [5.74, 6) is 0. The van der Waals surface area contributed by atoms with Gasteiger partial charge in [0, 0.05) is 31.2 Å². The summed E-state index contributed by atoms with van der Waals surface area (Å²) < 4.78 is 0. The first kappa shape index (κ1) is 14.0. The predicted octanol–water partition coefficient (Wildman–Crippen LogP) is 2.20. The van der Waals surface area contributed by atoms with E-state index in [-0.39, 0.29) is 5.54 Å². The van der Waals surface area contributed by atoms with Gasteiger partial charge < -0.3 is 5.32 Å². The smallest absolute Gasteiger partial charge is 0.0638 e. The van der Waals surface area contributed by atoms with Crippen LogP contribution in [0.3, 0.4) is 0 Å². The largest absolute Gasteiger partial charge is 0.310 e. The minimum atomic E-state index is 0.167. The van der Waals surface area contributed by atoms with Crippen LogP contribution in [0.25, 0.3) is 0 Å². The molecule has 1 saturated heterocycles. The van der Waals surface area contributed by atoms with E-state index in [1.807, 2.05) is 0 Å². The molecule has 1 atom stereocenters. The average Bonchev–Trinajstić information content (AvgIpc) is 2.41. The van der Waals surface area contributed by atoms with Gasteiger partial charge in [0.25, 0.3) is 0 Å². The van der Waals surface area contributed by atoms with E-state index in [1.165, 1.54) is 5.56 Å². The Morgan fingerprint density at radius 3 is 2.79 bits per heavy atom. The highest BCUT2D eigenvalue weighted by molar-refractivity contribution is 5.15. The van der Waals surface area contributed by atoms with Gasteiger partial charge in [-0.15, -0.1) is 0 Å². The highest BCUT2D eigenvalue weighted by Crippen LogP contribution is 2.20. The minimum absolute atomic E-state index is 0.167. The highest BCUT2D eigenvalue weighted by atomic mass is 15.3. The lowest BCUT2D eigenvalue weighted by Crippen LogP contribution is -2.62. The van der Waals surface area contributed by atoms with Crippen molar-refractivity contribution in [3.05, 3.63) is 35.9 Å². The van der Waals surface area contributed by atoms with Crippen LogP contribution in [-0.2, 0) is 6.42 Å². The topological polar surface area (TPSA) is 39.1 Å². The second kappa shape index (κ2) is 6.18. The number of hydrogen-bond acceptors (Lipinski definition) is 3. The van der Waals surface area contributed by atoms with Gasteiger partial charge in [-0.3, -0.25) is 4.90 Å². The van der Waals surface area contributed by atoms with Gasteiger partial charge in [0.15, 0.2) is 0 Å². The molecule has 1 N–H and O–H groups in total. The predicted molar refractivity (Wildman–Crippen MR) is 77.8 cm³/mol. The Balaban J connectivity index is 1.94. The van der Waals surface area contributed by atoms with Gasteiger partial charge in [0.1, 0.15) is 0 Å². The fourth-order valence-corrected chi connectivity index (χ4v) is 2.63. The maximum Gasteiger partial charge on any atom is 0.0638 e. The average molecular weight is 257 g/mol. The van der Waals surface area contributed by atoms with Crippen LogP contribution < -0.4 is 5.32 Å². The van der Waals surface area contributed by atoms with Crippen molar-refractivity contribution in [1.82, 2.24) is 10.2 Å². The second-order valence-corrected chi connectivity index (χ2v) is 5.93. The molecule has 0 saturated carbocycles. The molecule has 1 fully saturated rings. The van der Waals surface area contributed by atoms with Crippen LogP contribution in [0.5, 0.6) is 0 Å². The van der Waals surface area contributed by atoms with Crippen molar-refractivity contribution in [3.8, 4) is 6.07 Å². The maximum absolute atomic E-state index is 8.83. The number of piperazine rings is 1. The zero-order valence-electron chi connectivity index (χ0n) is 11.9. The Labute approximate surface area is 116 Å². The normalized spacial score (nSPS) is 22.9. The fraction of sp³-hybridized carbons (Fsp3) is 0.562. The van der Waals surface area contributed by atoms with Crippen LogP contribution in [0.15, 0.2) is 30.3 Å². The van der Waals surface area contributed by atoms with E-state index in [2.05, 4.69) is 60.5 Å². The SMILES string of the molecule is CC1(C)CNC(CC#N)CN1CCc1ccccc1. The molecule has 3 heteroatoms. The molecule has 0 bridgehead atoms. The zero-order valence-corrected chi connectivity index (χ0v) is 11.9. The van der Waals surface area contributed by atoms with E-state index in [4.69, 9.17) is 5.26 Å². The molecule has 1 aliphatic rings. The van der Waals surface area contributed by atoms with Crippen molar-refractivity contribution in [2.45, 2.75) is 38.3 Å². The third-order valence-corrected chi connectivity index (χ3v) is 3.97. The molecule has 19 heavy (non-hydrogen) atoms. The van der Waals surface area contributed by atoms with Crippen LogP contribution in [0.2, 0.25) is 0 Å². The van der Waals surface area contributed by atoms with Gasteiger partial charge in [-0.25, -0.2) is 0 Å². The summed E-state index contributed by atoms with van der Waals surface area (Å²) in [6, 6.07) is 13.2. The molecule has 1 heterocycles. The number of hydrogen-bond donors (Lipinski definition) is 1. The van der Waals surface area contributed by atoms with Crippen molar-refractivity contribution in [1.29, 1.82) is 5.26 Å². The summed E-state index contributed by atoms with van der Waals surface area (Å²) in [6.45, 7) is 7.52. The summed E-state index contributed by atoms with van der Waals surface area (Å²) in [6.07, 6.45) is 1.67. The Kier molecular flexibility index (Phi) is 4.57. The first-order valence-electron chi connectivity index (χ1n) is 7.01. The molecule has 0 aromatic heterocycles. The summed E-state index contributed by atoms with van der Waals surface area (Å²) in [7, 11) is 0. The highest BCUT2D eigenvalue weighted by Gasteiger charge is 2.33. The van der Waals surface area contributed by atoms with Crippen molar-refractivity contribution in [2.24, 2.45) is 0 Å². The Bertz CT molecular complexity index is 433. The van der Waals surface area contributed by atoms with Crippen LogP contribution in [-0.4, -0.2) is 36.1 Å². The number of rotatable bonds is 4. The Hall–Kier alpha value is -1.37. The quantitative estimate of drug-likeness (QED) is 0.898. The molecule has 0 amide bonds. The van der Waals surface area contributed by atoms with E-state index >= 15 is 0 Å². The molecule has 1 aromatic rings. The molecular weight excluding hydrogens is 234 g/mol. The number of nitrogens with zero attached hydrogens (tertiary/aromatic N) is 2. The van der Waals surface area contributed by atoms with Gasteiger partial charge in [-0.1, -0.05) is 30.3 Å². The fourth-order valence-electron chi connectivity index (χ4n) is 2.63. The number of nitriles is 1. The second-order valence-electron chi connectivity index (χ2n) is 5.93. The van der Waals surface area contributed by atoms with E-state index in [0.717, 1.165) is 26.1 Å². The monoisotopic (exact) mass is 257 g/mol. The molecule has 3 nitrogen and oxygen atoms in total. The van der Waals surface area contributed by atoms with Crippen LogP contribution >= 0.6 is 0 Å². The third kappa shape index (κ3) is 3.79. The zero-order chi connectivity index (χ0) is 13.7. The van der Waals surface area contributed by atoms with Crippen molar-refractivity contribution in [3.63, 3.8) is 0 Å². The summed E-state index contributed by atoms with van der Waals surface area (Å²) >= 11 is 0. The summed E-state index contributed by atoms with van der Waals surface area (Å²) in [4.78, 5) is 2.51. The first-order chi connectivity index (χ1) is 9.12. The van der Waals surface area contributed by atoms with E-state index < -0.39 is 0 Å². The molecule has 2 rings (SSSR count). The van der Waals surface area contributed by atoms with E-state index in [9.17, 15) is 0 Å². The van der Waals surface area contributed by atoms with Crippen molar-refractivity contribution < 1.29 is 0 Å². The molecule has 0 radical (unpaired) electrons. The first-order valence-corrected chi connectivity index (χ1v) is 7.01. The van der Waals surface area contributed by atoms with Gasteiger partial charge >= 0.3 is 0 Å². The summed E-state index contributed by atoms with van der Waals surface area (Å²) in [5.41, 5.74) is 1.55. The van der Waals surface area contributed by atoms with Gasteiger partial charge in [0.05, 0.1) is 12.5 Å². The van der Waals surface area contributed by atoms with Gasteiger partial charge in [-0.2, -0.15) is 5.26 Å². The Morgan fingerprint density at radius 1 is 1.37 bits per heavy atom. The molecule has 1 aliphatic heterocycles. The van der Waals surface area contributed by atoms with Crippen LogP contribution in [0.1, 0.15) is 25.8 Å². The summed E-state index contributed by atoms with van der Waals surface area (Å²) in [5, 5.41) is 12.3. The van der Waals surface area contributed by atoms with Crippen molar-refractivity contribution >= 4 is 0 Å². The third-order valence-electron chi connectivity index (χ3n) is 3.97. The lowest BCUT2D eigenvalue weighted by Gasteiger charge is -2.46. The minimum Gasteiger partial charge on any atom is -0.310 e. The van der Waals surface area contributed by atoms with E-state index in [0.29, 0.717) is 12.5 Å². The standard InChI is InChI=1S/C16H23N3/c1-16(2)13-18-15(8-10-17)12-19(16)11-9-14-6-4-3-5-7-14/h3-7,15,18H,8-9,11-13H2,1-2H3. The maximum atomic E-state index is 8.83. The Morgan fingerprint density at radius 2 is 2.11 bits per heavy atom. The molecular formula is C16H23N3. The van der Waals surface area contributed by atoms with Crippen LogP contribution in [0, 0.1) is 11.3 Å². The van der Waals surface area contributed by atoms with Gasteiger partial charge in [-0.05, 0) is 25.8 Å². The lowest BCUT2D eigenvalue weighted by molar-refractivity contribution is 0.0683. The van der Waals surface area contributed by atoms with Crippen LogP contribution in [0.4, 0.5) is 0 Å². The molecule has 1 unspecified atom stereocenters. The molecule has 102 valence electrons. The van der Waals surface area contributed by atoms with E-state index in [1.54, 1.807) is 0 Å². The van der Waals surface area contributed by atoms with Gasteiger partial charge in [0.2, 0.25) is 0 Å². The number of benzene rings is 1. The molecule has 0 spiro atoms.